The third-order valence-corrected chi connectivity index (χ3v) is 17.6. The van der Waals surface area contributed by atoms with Crippen molar-refractivity contribution in [1.82, 2.24) is 41.0 Å². The Morgan fingerprint density at radius 1 is 0.549 bits per heavy atom. The SMILES string of the molecule is CNC(=O)c1ccc(N2CCN(C(=O)OC(C)(C)C)CC2)c(C)c1.CNC(=O)c1ccc(N2CCN(Cc3cnc4c(c3)NC(=O)[C@@H]3CCCCN43)CC2)c(C)c1.CNC(=O)c1ccc(N2CCNCC2)c(C)c1.O=C1Nc2cc(CO)cnc2N2CCCC[C@@H]12. The molecule has 12 rings (SSSR count). The Labute approximate surface area is 535 Å². The van der Waals surface area contributed by atoms with Crippen LogP contribution in [-0.4, -0.2) is 191 Å². The predicted octanol–water partition coefficient (Wildman–Crippen LogP) is 6.44. The number of aryl methyl sites for hydroxylation is 3. The van der Waals surface area contributed by atoms with Gasteiger partial charge in [-0.2, -0.15) is 0 Å². The molecule has 5 aromatic rings. The number of piperazine rings is 3. The topological polar surface area (TPSA) is 253 Å². The molecule has 2 aromatic heterocycles. The summed E-state index contributed by atoms with van der Waals surface area (Å²) in [6.07, 6.45) is 9.61. The minimum Gasteiger partial charge on any atom is -0.444 e. The Morgan fingerprint density at radius 3 is 1.36 bits per heavy atom. The van der Waals surface area contributed by atoms with E-state index in [1.54, 1.807) is 38.3 Å². The first-order chi connectivity index (χ1) is 43.7. The molecule has 23 heteroatoms. The van der Waals surface area contributed by atoms with Crippen molar-refractivity contribution in [3.63, 3.8) is 0 Å². The molecule has 0 bridgehead atoms. The first-order valence-electron chi connectivity index (χ1n) is 32.1. The summed E-state index contributed by atoms with van der Waals surface area (Å²) in [6.45, 7) is 24.9. The molecule has 7 aliphatic heterocycles. The number of benzene rings is 3. The van der Waals surface area contributed by atoms with E-state index >= 15 is 0 Å². The number of rotatable bonds is 9. The second-order valence-electron chi connectivity index (χ2n) is 25.2. The minimum absolute atomic E-state index is 0.0278. The van der Waals surface area contributed by atoms with Gasteiger partial charge in [-0.05, 0) is 175 Å². The lowest BCUT2D eigenvalue weighted by Crippen LogP contribution is -2.51. The lowest BCUT2D eigenvalue weighted by Gasteiger charge is -2.40. The van der Waals surface area contributed by atoms with Crippen molar-refractivity contribution in [1.29, 1.82) is 0 Å². The smallest absolute Gasteiger partial charge is 0.410 e. The van der Waals surface area contributed by atoms with E-state index in [-0.39, 0.29) is 54.3 Å². The fourth-order valence-corrected chi connectivity index (χ4v) is 12.8. The first kappa shape index (κ1) is 66.9. The number of hydrogen-bond donors (Lipinski definition) is 7. The van der Waals surface area contributed by atoms with Gasteiger partial charge in [-0.25, -0.2) is 14.8 Å². The van der Waals surface area contributed by atoms with E-state index in [0.29, 0.717) is 24.2 Å². The minimum atomic E-state index is -0.472. The molecule has 7 N–H and O–H groups in total. The second-order valence-corrected chi connectivity index (χ2v) is 25.2. The van der Waals surface area contributed by atoms with E-state index in [0.717, 1.165) is 186 Å². The molecular formula is C68H93N15O8. The van der Waals surface area contributed by atoms with Crippen LogP contribution in [0.15, 0.2) is 79.1 Å². The highest BCUT2D eigenvalue weighted by Crippen LogP contribution is 2.37. The predicted molar refractivity (Wildman–Crippen MR) is 358 cm³/mol. The zero-order valence-electron chi connectivity index (χ0n) is 54.5. The Kier molecular flexibility index (Phi) is 22.4. The second kappa shape index (κ2) is 30.5. The number of aromatic nitrogens is 2. The van der Waals surface area contributed by atoms with Crippen LogP contribution in [0.1, 0.15) is 118 Å². The number of fused-ring (bicyclic) bond motifs is 6. The molecule has 0 saturated carbocycles. The maximum atomic E-state index is 12.5. The van der Waals surface area contributed by atoms with Crippen LogP contribution >= 0.6 is 0 Å². The number of aliphatic hydroxyl groups is 1. The number of ether oxygens (including phenoxy) is 1. The maximum Gasteiger partial charge on any atom is 0.410 e. The molecule has 0 unspecified atom stereocenters. The molecule has 6 amide bonds. The fraction of sp³-hybridized carbons (Fsp3) is 0.500. The standard InChI is InChI=1S/C25H32N6O2.C18H27N3O3.C13H19N3O.C12H15N3O2/c1-17-13-19(24(32)26-2)6-7-21(17)30-11-9-29(10-12-30)16-18-14-20-23(27-15-18)31-8-4-3-5-22(31)25(33)28-20;1-13-12-14(16(22)19-5)6-7-15(13)20-8-10-21(11-9-20)17(23)24-18(2,3)4;1-10-9-11(13(17)14-2)3-4-12(10)16-7-5-15-6-8-16;16-7-8-5-9-11(13-6-8)15-4-2-1-3-10(15)12(17)14-9/h6-7,13-15,22H,3-5,8-12,16H2,1-2H3,(H,26,32)(H,28,33);6-7,12H,8-11H2,1-5H3,(H,19,22);3-4,9,15H,5-8H2,1-2H3,(H,14,17);5-6,10,16H,1-4,7H2,(H,14,17)/t22-;;;10-/m0..0/s1. The van der Waals surface area contributed by atoms with Crippen molar-refractivity contribution in [2.75, 3.05) is 148 Å². The van der Waals surface area contributed by atoms with Crippen molar-refractivity contribution in [2.24, 2.45) is 0 Å². The van der Waals surface area contributed by atoms with Gasteiger partial charge in [0.05, 0.1) is 18.0 Å². The van der Waals surface area contributed by atoms with Crippen LogP contribution in [-0.2, 0) is 27.5 Å². The lowest BCUT2D eigenvalue weighted by atomic mass is 9.99. The Balaban J connectivity index is 0.000000150. The van der Waals surface area contributed by atoms with Crippen LogP contribution in [0.4, 0.5) is 44.9 Å². The number of nitrogens with zero attached hydrogens (tertiary/aromatic N) is 9. The maximum absolute atomic E-state index is 12.5. The van der Waals surface area contributed by atoms with E-state index < -0.39 is 5.60 Å². The number of pyridine rings is 2. The van der Waals surface area contributed by atoms with E-state index in [1.807, 2.05) is 82.4 Å². The number of aliphatic hydroxyl groups excluding tert-OH is 1. The molecule has 9 heterocycles. The molecular weight excluding hydrogens is 1150 g/mol. The highest BCUT2D eigenvalue weighted by atomic mass is 16.6. The van der Waals surface area contributed by atoms with Crippen LogP contribution in [0.25, 0.3) is 0 Å². The molecule has 0 aliphatic carbocycles. The van der Waals surface area contributed by atoms with Gasteiger partial charge in [0, 0.05) is 165 Å². The summed E-state index contributed by atoms with van der Waals surface area (Å²) in [5, 5.41) is 26.3. The highest BCUT2D eigenvalue weighted by molar-refractivity contribution is 6.04. The number of carbonyl (C=O) groups excluding carboxylic acids is 6. The molecule has 23 nitrogen and oxygen atoms in total. The number of anilines is 7. The van der Waals surface area contributed by atoms with Gasteiger partial charge in [-0.3, -0.25) is 28.9 Å². The van der Waals surface area contributed by atoms with Gasteiger partial charge in [0.1, 0.15) is 17.7 Å². The van der Waals surface area contributed by atoms with Crippen LogP contribution in [0.2, 0.25) is 0 Å². The van der Waals surface area contributed by atoms with Crippen molar-refractivity contribution < 1.29 is 38.6 Å². The summed E-state index contributed by atoms with van der Waals surface area (Å²) >= 11 is 0. The van der Waals surface area contributed by atoms with Crippen molar-refractivity contribution in [3.05, 3.63) is 124 Å². The zero-order chi connectivity index (χ0) is 64.9. The summed E-state index contributed by atoms with van der Waals surface area (Å²) in [5.74, 6) is 1.75. The summed E-state index contributed by atoms with van der Waals surface area (Å²) in [6, 6.07) is 21.3. The quantitative estimate of drug-likeness (QED) is 0.0838. The van der Waals surface area contributed by atoms with Crippen molar-refractivity contribution >= 4 is 75.7 Å². The van der Waals surface area contributed by atoms with Gasteiger partial charge in [-0.1, -0.05) is 0 Å². The van der Waals surface area contributed by atoms with Gasteiger partial charge in [0.25, 0.3) is 17.7 Å². The van der Waals surface area contributed by atoms with Gasteiger partial charge in [-0.15, -0.1) is 0 Å². The number of amides is 6. The van der Waals surface area contributed by atoms with Crippen LogP contribution in [0.3, 0.4) is 0 Å². The molecule has 7 aliphatic rings. The van der Waals surface area contributed by atoms with E-state index in [4.69, 9.17) is 14.8 Å². The Bertz CT molecular complexity index is 3410. The molecule has 5 fully saturated rings. The van der Waals surface area contributed by atoms with Crippen LogP contribution in [0.5, 0.6) is 0 Å². The highest BCUT2D eigenvalue weighted by Gasteiger charge is 2.37. The molecule has 2 atom stereocenters. The zero-order valence-corrected chi connectivity index (χ0v) is 54.5. The fourth-order valence-electron chi connectivity index (χ4n) is 12.8. The molecule has 5 saturated heterocycles. The average Bonchev–Trinajstić information content (AvgIpc) is 0.840. The van der Waals surface area contributed by atoms with E-state index in [2.05, 4.69) is 92.3 Å². The van der Waals surface area contributed by atoms with Gasteiger partial charge < -0.3 is 71.1 Å². The Morgan fingerprint density at radius 2 is 0.956 bits per heavy atom. The van der Waals surface area contributed by atoms with Gasteiger partial charge in [0.2, 0.25) is 11.8 Å². The van der Waals surface area contributed by atoms with Crippen LogP contribution in [0, 0.1) is 20.8 Å². The largest absolute Gasteiger partial charge is 0.444 e. The number of carbonyl (C=O) groups is 6. The van der Waals surface area contributed by atoms with Crippen molar-refractivity contribution in [2.45, 2.75) is 111 Å². The Hall–Kier alpha value is -8.54. The number of hydrogen-bond acceptors (Lipinski definition) is 17. The lowest BCUT2D eigenvalue weighted by molar-refractivity contribution is -0.118. The summed E-state index contributed by atoms with van der Waals surface area (Å²) in [7, 11) is 4.94. The molecule has 3 aromatic carbocycles. The van der Waals surface area contributed by atoms with Gasteiger partial charge >= 0.3 is 6.09 Å². The first-order valence-corrected chi connectivity index (χ1v) is 32.1. The number of piperidine rings is 2. The van der Waals surface area contributed by atoms with Crippen molar-refractivity contribution in [3.8, 4) is 0 Å². The number of nitrogens with one attached hydrogen (secondary N) is 6. The summed E-state index contributed by atoms with van der Waals surface area (Å²) in [5.41, 5.74) is 11.9. The van der Waals surface area contributed by atoms with E-state index in [1.165, 1.54) is 11.4 Å². The third kappa shape index (κ3) is 16.7. The summed E-state index contributed by atoms with van der Waals surface area (Å²) in [4.78, 5) is 96.3. The normalized spacial score (nSPS) is 18.7. The van der Waals surface area contributed by atoms with Crippen LogP contribution < -0.4 is 56.4 Å². The molecule has 0 spiro atoms. The molecule has 488 valence electrons. The summed E-state index contributed by atoms with van der Waals surface area (Å²) < 4.78 is 5.42. The third-order valence-electron chi connectivity index (χ3n) is 17.6. The molecule has 91 heavy (non-hydrogen) atoms. The average molecular weight is 1250 g/mol. The monoisotopic (exact) mass is 1250 g/mol. The van der Waals surface area contributed by atoms with E-state index in [9.17, 15) is 28.8 Å². The molecule has 0 radical (unpaired) electrons. The van der Waals surface area contributed by atoms with Gasteiger partial charge in [0.15, 0.2) is 11.6 Å².